The molecule has 1 aromatic carbocycles. The highest BCUT2D eigenvalue weighted by atomic mass is 32.1. The van der Waals surface area contributed by atoms with E-state index in [1.807, 2.05) is 6.92 Å². The molecule has 0 radical (unpaired) electrons. The largest absolute Gasteiger partial charge is 0.360 e. The van der Waals surface area contributed by atoms with Crippen LogP contribution in [-0.2, 0) is 17.9 Å². The van der Waals surface area contributed by atoms with E-state index in [1.54, 1.807) is 11.3 Å². The number of amides is 1. The van der Waals surface area contributed by atoms with Crippen molar-refractivity contribution >= 4 is 28.9 Å². The number of carbonyl (C=O) groups is 1. The van der Waals surface area contributed by atoms with Crippen LogP contribution < -0.4 is 20.9 Å². The van der Waals surface area contributed by atoms with Gasteiger partial charge in [0, 0.05) is 30.2 Å². The third-order valence-corrected chi connectivity index (χ3v) is 5.66. The summed E-state index contributed by atoms with van der Waals surface area (Å²) in [6.45, 7) is 10.2. The molecule has 1 fully saturated rings. The van der Waals surface area contributed by atoms with E-state index >= 15 is 0 Å². The number of thiazole rings is 1. The second kappa shape index (κ2) is 9.54. The van der Waals surface area contributed by atoms with Crippen molar-refractivity contribution < 1.29 is 4.79 Å². The fraction of sp³-hybridized carbons (Fsp3) is 0.450. The Balaban J connectivity index is 1.58. The van der Waals surface area contributed by atoms with Gasteiger partial charge in [-0.2, -0.15) is 0 Å². The number of guanidine groups is 1. The van der Waals surface area contributed by atoms with Gasteiger partial charge in [0.2, 0.25) is 5.91 Å². The zero-order valence-corrected chi connectivity index (χ0v) is 17.5. The molecule has 3 N–H and O–H groups in total. The van der Waals surface area contributed by atoms with E-state index in [4.69, 9.17) is 0 Å². The number of aromatic nitrogens is 1. The molecule has 1 aliphatic rings. The summed E-state index contributed by atoms with van der Waals surface area (Å²) in [6.07, 6.45) is 0. The Morgan fingerprint density at radius 1 is 1.29 bits per heavy atom. The molecular formula is C20H28N6OS. The fourth-order valence-corrected chi connectivity index (χ4v) is 3.83. The molecule has 0 bridgehead atoms. The number of aryl methyl sites for hydroxylation is 2. The smallest absolute Gasteiger partial charge is 0.239 e. The van der Waals surface area contributed by atoms with Gasteiger partial charge in [0.05, 0.1) is 25.3 Å². The number of hydrogen-bond donors (Lipinski definition) is 3. The first kappa shape index (κ1) is 20.1. The lowest BCUT2D eigenvalue weighted by atomic mass is 10.2. The molecule has 2 aromatic rings. The number of piperazine rings is 1. The predicted molar refractivity (Wildman–Crippen MR) is 115 cm³/mol. The summed E-state index contributed by atoms with van der Waals surface area (Å²) >= 11 is 1.71. The van der Waals surface area contributed by atoms with Gasteiger partial charge in [-0.25, -0.2) is 9.98 Å². The zero-order valence-electron chi connectivity index (χ0n) is 16.7. The summed E-state index contributed by atoms with van der Waals surface area (Å²) in [5.74, 6) is 0.858. The second-order valence-corrected chi connectivity index (χ2v) is 8.02. The fourth-order valence-electron chi connectivity index (χ4n) is 2.96. The molecule has 7 nitrogen and oxygen atoms in total. The number of carbonyl (C=O) groups excluding carboxylic acids is 1. The molecule has 2 heterocycles. The van der Waals surface area contributed by atoms with Crippen molar-refractivity contribution in [2.75, 3.05) is 31.1 Å². The highest BCUT2D eigenvalue weighted by Crippen LogP contribution is 2.17. The quantitative estimate of drug-likeness (QED) is 0.510. The molecule has 1 aliphatic heterocycles. The lowest BCUT2D eigenvalue weighted by Crippen LogP contribution is -2.47. The van der Waals surface area contributed by atoms with Crippen LogP contribution in [0.15, 0.2) is 29.3 Å². The van der Waals surface area contributed by atoms with Crippen LogP contribution in [0.25, 0.3) is 0 Å². The number of anilines is 1. The number of aliphatic imine (C=N–C) groups is 1. The Morgan fingerprint density at radius 2 is 2.07 bits per heavy atom. The maximum absolute atomic E-state index is 11.5. The van der Waals surface area contributed by atoms with Crippen LogP contribution in [0.3, 0.4) is 0 Å². The van der Waals surface area contributed by atoms with Crippen LogP contribution in [-0.4, -0.2) is 43.0 Å². The summed E-state index contributed by atoms with van der Waals surface area (Å²) in [6, 6.07) is 8.26. The van der Waals surface area contributed by atoms with Crippen molar-refractivity contribution in [3.05, 3.63) is 45.4 Å². The van der Waals surface area contributed by atoms with Gasteiger partial charge in [-0.05, 0) is 38.5 Å². The summed E-state index contributed by atoms with van der Waals surface area (Å²) in [4.78, 5) is 24.1. The van der Waals surface area contributed by atoms with E-state index in [1.165, 1.54) is 4.88 Å². The molecule has 1 amide bonds. The van der Waals surface area contributed by atoms with Crippen molar-refractivity contribution in [3.63, 3.8) is 0 Å². The topological polar surface area (TPSA) is 81.7 Å². The van der Waals surface area contributed by atoms with Gasteiger partial charge in [0.15, 0.2) is 5.96 Å². The van der Waals surface area contributed by atoms with E-state index in [9.17, 15) is 4.79 Å². The molecule has 0 spiro atoms. The number of nitrogens with one attached hydrogen (secondary N) is 3. The second-order valence-electron chi connectivity index (χ2n) is 6.74. The molecule has 150 valence electrons. The molecular weight excluding hydrogens is 372 g/mol. The Labute approximate surface area is 170 Å². The van der Waals surface area contributed by atoms with E-state index in [0.29, 0.717) is 26.2 Å². The van der Waals surface area contributed by atoms with Gasteiger partial charge in [-0.15, -0.1) is 11.3 Å². The summed E-state index contributed by atoms with van der Waals surface area (Å²) in [5, 5.41) is 10.5. The van der Waals surface area contributed by atoms with Crippen LogP contribution in [0.2, 0.25) is 0 Å². The number of nitrogens with zero attached hydrogens (tertiary/aromatic N) is 3. The Morgan fingerprint density at radius 3 is 2.71 bits per heavy atom. The van der Waals surface area contributed by atoms with Crippen LogP contribution >= 0.6 is 11.3 Å². The summed E-state index contributed by atoms with van der Waals surface area (Å²) in [5.41, 5.74) is 3.29. The molecule has 0 unspecified atom stereocenters. The maximum atomic E-state index is 11.5. The van der Waals surface area contributed by atoms with Crippen molar-refractivity contribution in [2.45, 2.75) is 33.9 Å². The van der Waals surface area contributed by atoms with Gasteiger partial charge in [0.1, 0.15) is 5.01 Å². The summed E-state index contributed by atoms with van der Waals surface area (Å²) in [7, 11) is 0. The maximum Gasteiger partial charge on any atom is 0.239 e. The van der Waals surface area contributed by atoms with E-state index < -0.39 is 0 Å². The minimum atomic E-state index is 0.0758. The van der Waals surface area contributed by atoms with Crippen LogP contribution in [0.1, 0.15) is 28.1 Å². The van der Waals surface area contributed by atoms with Gasteiger partial charge in [-0.3, -0.25) is 4.79 Å². The monoisotopic (exact) mass is 400 g/mol. The van der Waals surface area contributed by atoms with Crippen molar-refractivity contribution in [1.82, 2.24) is 20.9 Å². The predicted octanol–water partition coefficient (Wildman–Crippen LogP) is 1.95. The first-order chi connectivity index (χ1) is 13.5. The molecule has 0 atom stereocenters. The third-order valence-electron chi connectivity index (χ3n) is 4.58. The van der Waals surface area contributed by atoms with E-state index in [2.05, 4.69) is 68.9 Å². The summed E-state index contributed by atoms with van der Waals surface area (Å²) < 4.78 is 0. The molecule has 8 heteroatoms. The normalized spacial score (nSPS) is 14.8. The lowest BCUT2D eigenvalue weighted by Gasteiger charge is -2.28. The standard InChI is InChI=1S/C20H28N6OS/c1-4-21-20(24-12-19-25-14(2)15(3)28-19)23-11-16-5-7-17(8-6-16)26-10-9-22-18(27)13-26/h5-8H,4,9-13H2,1-3H3,(H,22,27)(H2,21,23,24). The SMILES string of the molecule is CCNC(=NCc1ccc(N2CCNC(=O)C2)cc1)NCc1nc(C)c(C)s1. The number of benzene rings is 1. The van der Waals surface area contributed by atoms with Crippen LogP contribution in [0, 0.1) is 13.8 Å². The number of hydrogen-bond acceptors (Lipinski definition) is 5. The Bertz CT molecular complexity index is 810. The molecule has 3 rings (SSSR count). The molecule has 1 saturated heterocycles. The molecule has 0 aliphatic carbocycles. The average Bonchev–Trinajstić information content (AvgIpc) is 3.02. The minimum absolute atomic E-state index is 0.0758. The lowest BCUT2D eigenvalue weighted by molar-refractivity contribution is -0.120. The van der Waals surface area contributed by atoms with Crippen LogP contribution in [0.5, 0.6) is 0 Å². The Kier molecular flexibility index (Phi) is 6.86. The molecule has 1 aromatic heterocycles. The van der Waals surface area contributed by atoms with Gasteiger partial charge in [-0.1, -0.05) is 12.1 Å². The Hall–Kier alpha value is -2.61. The van der Waals surface area contributed by atoms with E-state index in [0.717, 1.165) is 41.0 Å². The minimum Gasteiger partial charge on any atom is -0.360 e. The van der Waals surface area contributed by atoms with Gasteiger partial charge >= 0.3 is 0 Å². The van der Waals surface area contributed by atoms with E-state index in [-0.39, 0.29) is 5.91 Å². The van der Waals surface area contributed by atoms with Crippen LogP contribution in [0.4, 0.5) is 5.69 Å². The molecule has 0 saturated carbocycles. The highest BCUT2D eigenvalue weighted by molar-refractivity contribution is 7.11. The average molecular weight is 401 g/mol. The van der Waals surface area contributed by atoms with Gasteiger partial charge in [0.25, 0.3) is 0 Å². The highest BCUT2D eigenvalue weighted by Gasteiger charge is 2.16. The van der Waals surface area contributed by atoms with Crippen molar-refractivity contribution in [3.8, 4) is 0 Å². The van der Waals surface area contributed by atoms with Crippen molar-refractivity contribution in [1.29, 1.82) is 0 Å². The van der Waals surface area contributed by atoms with Gasteiger partial charge < -0.3 is 20.9 Å². The first-order valence-electron chi connectivity index (χ1n) is 9.61. The molecule has 28 heavy (non-hydrogen) atoms. The van der Waals surface area contributed by atoms with Crippen molar-refractivity contribution in [2.24, 2.45) is 4.99 Å². The first-order valence-corrected chi connectivity index (χ1v) is 10.4. The zero-order chi connectivity index (χ0) is 19.9. The third kappa shape index (κ3) is 5.45. The number of rotatable bonds is 6.